The number of ether oxygens (including phenoxy) is 1. The molecule has 0 unspecified atom stereocenters. The van der Waals surface area contributed by atoms with Crippen LogP contribution >= 0.6 is 0 Å². The molecule has 1 heterocycles. The van der Waals surface area contributed by atoms with Gasteiger partial charge in [0.15, 0.2) is 5.96 Å². The van der Waals surface area contributed by atoms with E-state index in [1.807, 2.05) is 20.8 Å². The second-order valence-electron chi connectivity index (χ2n) is 6.50. The lowest BCUT2D eigenvalue weighted by molar-refractivity contribution is 0.0147. The third-order valence-corrected chi connectivity index (χ3v) is 3.26. The van der Waals surface area contributed by atoms with Gasteiger partial charge >= 0.3 is 6.09 Å². The van der Waals surface area contributed by atoms with Crippen LogP contribution in [0.3, 0.4) is 0 Å². The summed E-state index contributed by atoms with van der Waals surface area (Å²) in [6.07, 6.45) is 0.774. The summed E-state index contributed by atoms with van der Waals surface area (Å²) in [5, 5.41) is 3.11. The minimum absolute atomic E-state index is 0.221. The number of guanidine groups is 1. The third kappa shape index (κ3) is 7.49. The van der Waals surface area contributed by atoms with Crippen LogP contribution < -0.4 is 11.1 Å². The predicted octanol–water partition coefficient (Wildman–Crippen LogP) is 0.853. The van der Waals surface area contributed by atoms with Crippen molar-refractivity contribution < 1.29 is 9.53 Å². The molecular formula is C15H31N5O2. The second kappa shape index (κ2) is 8.82. The first-order valence-electron chi connectivity index (χ1n) is 8.06. The average molecular weight is 313 g/mol. The van der Waals surface area contributed by atoms with E-state index in [4.69, 9.17) is 10.5 Å². The van der Waals surface area contributed by atoms with E-state index in [2.05, 4.69) is 22.1 Å². The van der Waals surface area contributed by atoms with E-state index >= 15 is 0 Å². The van der Waals surface area contributed by atoms with Gasteiger partial charge in [0, 0.05) is 45.8 Å². The number of rotatable bonds is 5. The summed E-state index contributed by atoms with van der Waals surface area (Å²) >= 11 is 0. The topological polar surface area (TPSA) is 83.2 Å². The molecule has 0 aromatic carbocycles. The van der Waals surface area contributed by atoms with E-state index in [-0.39, 0.29) is 6.09 Å². The van der Waals surface area contributed by atoms with Gasteiger partial charge in [-0.1, -0.05) is 6.92 Å². The molecule has 1 fully saturated rings. The standard InChI is InChI=1S/C15H31N5O2/c1-5-6-17-13(16)18-7-8-19-9-11-20(12-10-19)14(21)22-15(2,3)4/h5-12H2,1-4H3,(H3,16,17,18). The number of carbonyl (C=O) groups excluding carboxylic acids is 1. The number of hydrogen-bond donors (Lipinski definition) is 2. The van der Waals surface area contributed by atoms with Crippen molar-refractivity contribution in [3.63, 3.8) is 0 Å². The van der Waals surface area contributed by atoms with E-state index in [0.29, 0.717) is 19.0 Å². The molecule has 1 saturated heterocycles. The predicted molar refractivity (Wildman–Crippen MR) is 89.0 cm³/mol. The average Bonchev–Trinajstić information content (AvgIpc) is 2.44. The molecule has 0 bridgehead atoms. The van der Waals surface area contributed by atoms with Crippen molar-refractivity contribution in [3.8, 4) is 0 Å². The number of amides is 1. The summed E-state index contributed by atoms with van der Waals surface area (Å²) < 4.78 is 5.39. The second-order valence-corrected chi connectivity index (χ2v) is 6.50. The third-order valence-electron chi connectivity index (χ3n) is 3.26. The first kappa shape index (κ1) is 18.5. The molecule has 0 aromatic heterocycles. The number of nitrogens with one attached hydrogen (secondary N) is 1. The van der Waals surface area contributed by atoms with Crippen LogP contribution in [0.2, 0.25) is 0 Å². The van der Waals surface area contributed by atoms with Crippen LogP contribution in [0.25, 0.3) is 0 Å². The van der Waals surface area contributed by atoms with E-state index in [1.54, 1.807) is 4.90 Å². The Morgan fingerprint density at radius 3 is 2.45 bits per heavy atom. The maximum absolute atomic E-state index is 12.0. The van der Waals surface area contributed by atoms with Crippen LogP contribution in [-0.4, -0.2) is 73.3 Å². The summed E-state index contributed by atoms with van der Waals surface area (Å²) in [5.41, 5.74) is 5.31. The highest BCUT2D eigenvalue weighted by molar-refractivity contribution is 5.77. The fourth-order valence-electron chi connectivity index (χ4n) is 2.11. The Kier molecular flexibility index (Phi) is 7.44. The Labute approximate surface area is 133 Å². The largest absolute Gasteiger partial charge is 0.444 e. The zero-order valence-electron chi connectivity index (χ0n) is 14.4. The fraction of sp³-hybridized carbons (Fsp3) is 0.867. The molecule has 1 aliphatic heterocycles. The zero-order chi connectivity index (χ0) is 16.6. The van der Waals surface area contributed by atoms with Crippen molar-refractivity contribution in [2.45, 2.75) is 39.7 Å². The molecule has 128 valence electrons. The normalized spacial score (nSPS) is 17.5. The summed E-state index contributed by atoms with van der Waals surface area (Å²) in [4.78, 5) is 20.2. The van der Waals surface area contributed by atoms with Crippen molar-refractivity contribution in [1.82, 2.24) is 15.1 Å². The molecule has 22 heavy (non-hydrogen) atoms. The smallest absolute Gasteiger partial charge is 0.410 e. The Bertz CT molecular complexity index is 371. The SMILES string of the molecule is CCCN=C(N)NCCN1CCN(C(=O)OC(C)(C)C)CC1. The molecule has 1 rings (SSSR count). The van der Waals surface area contributed by atoms with Crippen LogP contribution in [0.5, 0.6) is 0 Å². The monoisotopic (exact) mass is 313 g/mol. The van der Waals surface area contributed by atoms with Crippen LogP contribution in [0.15, 0.2) is 4.99 Å². The van der Waals surface area contributed by atoms with Gasteiger partial charge in [-0.2, -0.15) is 0 Å². The summed E-state index contributed by atoms with van der Waals surface area (Å²) in [7, 11) is 0. The van der Waals surface area contributed by atoms with Gasteiger partial charge in [-0.3, -0.25) is 9.89 Å². The van der Waals surface area contributed by atoms with Gasteiger partial charge in [-0.15, -0.1) is 0 Å². The van der Waals surface area contributed by atoms with Gasteiger partial charge in [-0.05, 0) is 27.2 Å². The number of carbonyl (C=O) groups is 1. The lowest BCUT2D eigenvalue weighted by Gasteiger charge is -2.35. The lowest BCUT2D eigenvalue weighted by Crippen LogP contribution is -2.51. The Morgan fingerprint density at radius 1 is 1.27 bits per heavy atom. The first-order chi connectivity index (χ1) is 10.3. The molecule has 3 N–H and O–H groups in total. The van der Waals surface area contributed by atoms with E-state index in [9.17, 15) is 4.79 Å². The first-order valence-corrected chi connectivity index (χ1v) is 8.06. The molecule has 0 atom stereocenters. The van der Waals surface area contributed by atoms with Crippen LogP contribution in [0.4, 0.5) is 4.79 Å². The Morgan fingerprint density at radius 2 is 1.91 bits per heavy atom. The summed E-state index contributed by atoms with van der Waals surface area (Å²) in [5.74, 6) is 0.509. The van der Waals surface area contributed by atoms with Crippen LogP contribution in [0.1, 0.15) is 34.1 Å². The molecule has 1 amide bonds. The number of nitrogens with zero attached hydrogens (tertiary/aromatic N) is 3. The number of aliphatic imine (C=N–C) groups is 1. The van der Waals surface area contributed by atoms with Crippen molar-refractivity contribution in [3.05, 3.63) is 0 Å². The van der Waals surface area contributed by atoms with Gasteiger partial charge < -0.3 is 20.7 Å². The zero-order valence-corrected chi connectivity index (χ0v) is 14.4. The molecule has 0 aromatic rings. The highest BCUT2D eigenvalue weighted by Crippen LogP contribution is 2.11. The van der Waals surface area contributed by atoms with Gasteiger partial charge in [0.2, 0.25) is 0 Å². The molecule has 0 saturated carbocycles. The number of nitrogens with two attached hydrogens (primary N) is 1. The maximum atomic E-state index is 12.0. The van der Waals surface area contributed by atoms with E-state index < -0.39 is 5.60 Å². The van der Waals surface area contributed by atoms with E-state index in [1.165, 1.54) is 0 Å². The molecule has 7 heteroatoms. The summed E-state index contributed by atoms with van der Waals surface area (Å²) in [6.45, 7) is 13.3. The lowest BCUT2D eigenvalue weighted by atomic mass is 10.2. The fourth-order valence-corrected chi connectivity index (χ4v) is 2.11. The van der Waals surface area contributed by atoms with Crippen molar-refractivity contribution in [2.24, 2.45) is 10.7 Å². The van der Waals surface area contributed by atoms with Gasteiger partial charge in [0.25, 0.3) is 0 Å². The van der Waals surface area contributed by atoms with Gasteiger partial charge in [0.05, 0.1) is 0 Å². The maximum Gasteiger partial charge on any atom is 0.410 e. The quantitative estimate of drug-likeness (QED) is 0.581. The van der Waals surface area contributed by atoms with E-state index in [0.717, 1.165) is 39.1 Å². The van der Waals surface area contributed by atoms with Crippen molar-refractivity contribution >= 4 is 12.1 Å². The van der Waals surface area contributed by atoms with Gasteiger partial charge in [-0.25, -0.2) is 4.79 Å². The molecule has 0 radical (unpaired) electrons. The number of piperazine rings is 1. The number of hydrogen-bond acceptors (Lipinski definition) is 4. The Hall–Kier alpha value is -1.50. The molecular weight excluding hydrogens is 282 g/mol. The van der Waals surface area contributed by atoms with Gasteiger partial charge in [0.1, 0.15) is 5.60 Å². The Balaban J connectivity index is 2.21. The minimum atomic E-state index is -0.437. The molecule has 1 aliphatic rings. The van der Waals surface area contributed by atoms with Crippen molar-refractivity contribution in [2.75, 3.05) is 45.8 Å². The van der Waals surface area contributed by atoms with Crippen LogP contribution in [-0.2, 0) is 4.74 Å². The molecule has 0 aliphatic carbocycles. The highest BCUT2D eigenvalue weighted by atomic mass is 16.6. The molecule has 0 spiro atoms. The van der Waals surface area contributed by atoms with Crippen LogP contribution in [0, 0.1) is 0 Å². The summed E-state index contributed by atoms with van der Waals surface area (Å²) in [6, 6.07) is 0. The highest BCUT2D eigenvalue weighted by Gasteiger charge is 2.25. The molecule has 7 nitrogen and oxygen atoms in total. The minimum Gasteiger partial charge on any atom is -0.444 e. The van der Waals surface area contributed by atoms with Crippen molar-refractivity contribution in [1.29, 1.82) is 0 Å².